The number of hydrogen-bond donors (Lipinski definition) is 2. The number of benzene rings is 1. The summed E-state index contributed by atoms with van der Waals surface area (Å²) in [6.45, 7) is -0.396. The van der Waals surface area contributed by atoms with Gasteiger partial charge >= 0.3 is 5.97 Å². The Morgan fingerprint density at radius 3 is 2.82 bits per heavy atom. The second-order valence-corrected chi connectivity index (χ2v) is 5.62. The third-order valence-corrected chi connectivity index (χ3v) is 3.93. The molecule has 7 heteroatoms. The van der Waals surface area contributed by atoms with Gasteiger partial charge in [0.15, 0.2) is 0 Å². The molecule has 1 aromatic heterocycles. The van der Waals surface area contributed by atoms with Crippen LogP contribution < -0.4 is 10.9 Å². The molecular formula is C15H14ClN3O3. The Kier molecular flexibility index (Phi) is 3.85. The first-order valence-corrected chi connectivity index (χ1v) is 7.24. The highest BCUT2D eigenvalue weighted by atomic mass is 35.5. The lowest BCUT2D eigenvalue weighted by atomic mass is 9.96. The average Bonchev–Trinajstić information content (AvgIpc) is 2.50. The lowest BCUT2D eigenvalue weighted by molar-refractivity contribution is -0.137. The Hall–Kier alpha value is -2.34. The Labute approximate surface area is 131 Å². The minimum Gasteiger partial charge on any atom is -0.480 e. The molecule has 22 heavy (non-hydrogen) atoms. The van der Waals surface area contributed by atoms with Crippen molar-refractivity contribution in [2.75, 3.05) is 5.32 Å². The normalized spacial score (nSPS) is 16.7. The molecule has 1 aliphatic rings. The SMILES string of the molecule is O=C(O)Cn1cnc2c(c1=O)N[C@@H](c1ccc(Cl)cc1)CC2. The van der Waals surface area contributed by atoms with E-state index >= 15 is 0 Å². The molecule has 2 heterocycles. The molecule has 0 amide bonds. The zero-order chi connectivity index (χ0) is 15.7. The summed E-state index contributed by atoms with van der Waals surface area (Å²) in [4.78, 5) is 27.3. The highest BCUT2D eigenvalue weighted by molar-refractivity contribution is 6.30. The second kappa shape index (κ2) is 5.81. The van der Waals surface area contributed by atoms with Gasteiger partial charge in [-0.2, -0.15) is 0 Å². The highest BCUT2D eigenvalue weighted by Crippen LogP contribution is 2.29. The maximum atomic E-state index is 12.4. The summed E-state index contributed by atoms with van der Waals surface area (Å²) in [5.74, 6) is -1.08. The first-order valence-electron chi connectivity index (χ1n) is 6.86. The number of anilines is 1. The molecule has 1 atom stereocenters. The Balaban J connectivity index is 1.92. The van der Waals surface area contributed by atoms with Gasteiger partial charge in [0.2, 0.25) is 0 Å². The lowest BCUT2D eigenvalue weighted by Gasteiger charge is -2.26. The molecule has 114 valence electrons. The van der Waals surface area contributed by atoms with E-state index in [4.69, 9.17) is 16.7 Å². The van der Waals surface area contributed by atoms with E-state index in [-0.39, 0.29) is 11.6 Å². The zero-order valence-corrected chi connectivity index (χ0v) is 12.4. The third kappa shape index (κ3) is 2.82. The number of fused-ring (bicyclic) bond motifs is 1. The van der Waals surface area contributed by atoms with Gasteiger partial charge < -0.3 is 10.4 Å². The van der Waals surface area contributed by atoms with Gasteiger partial charge in [0.25, 0.3) is 5.56 Å². The van der Waals surface area contributed by atoms with Crippen molar-refractivity contribution in [1.29, 1.82) is 0 Å². The molecule has 0 saturated heterocycles. The smallest absolute Gasteiger partial charge is 0.323 e. The number of hydrogen-bond acceptors (Lipinski definition) is 4. The van der Waals surface area contributed by atoms with Gasteiger partial charge in [-0.3, -0.25) is 14.2 Å². The van der Waals surface area contributed by atoms with Gasteiger partial charge in [-0.15, -0.1) is 0 Å². The van der Waals surface area contributed by atoms with Crippen LogP contribution in [0.5, 0.6) is 0 Å². The minimum atomic E-state index is -1.08. The van der Waals surface area contributed by atoms with Crippen LogP contribution in [0.2, 0.25) is 5.02 Å². The van der Waals surface area contributed by atoms with Crippen LogP contribution in [0, 0.1) is 0 Å². The zero-order valence-electron chi connectivity index (χ0n) is 11.6. The molecule has 1 aliphatic heterocycles. The number of carboxylic acid groups (broad SMARTS) is 1. The summed E-state index contributed by atoms with van der Waals surface area (Å²) < 4.78 is 1.10. The molecule has 0 spiro atoms. The maximum Gasteiger partial charge on any atom is 0.323 e. The Bertz CT molecular complexity index is 771. The van der Waals surface area contributed by atoms with E-state index in [0.717, 1.165) is 16.6 Å². The van der Waals surface area contributed by atoms with Crippen molar-refractivity contribution in [3.8, 4) is 0 Å². The lowest BCUT2D eigenvalue weighted by Crippen LogP contribution is -2.32. The third-order valence-electron chi connectivity index (χ3n) is 3.68. The molecule has 2 N–H and O–H groups in total. The van der Waals surface area contributed by atoms with E-state index in [2.05, 4.69) is 10.3 Å². The van der Waals surface area contributed by atoms with Crippen molar-refractivity contribution in [2.24, 2.45) is 0 Å². The predicted molar refractivity (Wildman–Crippen MR) is 82.3 cm³/mol. The fourth-order valence-corrected chi connectivity index (χ4v) is 2.71. The summed E-state index contributed by atoms with van der Waals surface area (Å²) in [6.07, 6.45) is 2.77. The number of rotatable bonds is 3. The number of carboxylic acids is 1. The topological polar surface area (TPSA) is 84.2 Å². The molecule has 0 radical (unpaired) electrons. The van der Waals surface area contributed by atoms with E-state index in [1.54, 1.807) is 12.1 Å². The van der Waals surface area contributed by atoms with Crippen molar-refractivity contribution < 1.29 is 9.90 Å². The van der Waals surface area contributed by atoms with E-state index in [9.17, 15) is 9.59 Å². The number of carbonyl (C=O) groups is 1. The van der Waals surface area contributed by atoms with Gasteiger partial charge in [0.05, 0.1) is 18.1 Å². The summed E-state index contributed by atoms with van der Waals surface area (Å²) in [6, 6.07) is 7.42. The van der Waals surface area contributed by atoms with Crippen LogP contribution >= 0.6 is 11.6 Å². The van der Waals surface area contributed by atoms with E-state index in [1.807, 2.05) is 12.1 Å². The van der Waals surface area contributed by atoms with Crippen LogP contribution in [0.25, 0.3) is 0 Å². The van der Waals surface area contributed by atoms with Crippen LogP contribution in [0.1, 0.15) is 23.7 Å². The van der Waals surface area contributed by atoms with Crippen molar-refractivity contribution in [3.63, 3.8) is 0 Å². The summed E-state index contributed by atoms with van der Waals surface area (Å²) in [7, 11) is 0. The standard InChI is InChI=1S/C15H14ClN3O3/c16-10-3-1-9(2-4-10)11-5-6-12-14(18-11)15(22)19(8-17-12)7-13(20)21/h1-4,8,11,18H,5-7H2,(H,20,21)/t11-/m1/s1. The molecule has 0 saturated carbocycles. The van der Waals surface area contributed by atoms with Crippen molar-refractivity contribution in [2.45, 2.75) is 25.4 Å². The summed E-state index contributed by atoms with van der Waals surface area (Å²) >= 11 is 5.89. The van der Waals surface area contributed by atoms with Crippen LogP contribution in [0.4, 0.5) is 5.69 Å². The molecule has 0 unspecified atom stereocenters. The number of nitrogens with zero attached hydrogens (tertiary/aromatic N) is 2. The number of aryl methyl sites for hydroxylation is 1. The quantitative estimate of drug-likeness (QED) is 0.905. The average molecular weight is 320 g/mol. The first kappa shape index (κ1) is 14.6. The van der Waals surface area contributed by atoms with Crippen molar-refractivity contribution >= 4 is 23.3 Å². The summed E-state index contributed by atoms with van der Waals surface area (Å²) in [5.41, 5.74) is 1.74. The molecule has 6 nitrogen and oxygen atoms in total. The predicted octanol–water partition coefficient (Wildman–Crippen LogP) is 2.08. The largest absolute Gasteiger partial charge is 0.480 e. The second-order valence-electron chi connectivity index (χ2n) is 5.18. The van der Waals surface area contributed by atoms with Gasteiger partial charge in [-0.1, -0.05) is 23.7 Å². The van der Waals surface area contributed by atoms with Crippen LogP contribution in [0.3, 0.4) is 0 Å². The van der Waals surface area contributed by atoms with E-state index in [0.29, 0.717) is 22.8 Å². The van der Waals surface area contributed by atoms with Gasteiger partial charge in [0.1, 0.15) is 12.2 Å². The Morgan fingerprint density at radius 1 is 1.41 bits per heavy atom. The molecule has 0 aliphatic carbocycles. The van der Waals surface area contributed by atoms with Gasteiger partial charge in [0, 0.05) is 5.02 Å². The fourth-order valence-electron chi connectivity index (χ4n) is 2.59. The molecule has 1 aromatic carbocycles. The maximum absolute atomic E-state index is 12.4. The monoisotopic (exact) mass is 319 g/mol. The number of aromatic nitrogens is 2. The van der Waals surface area contributed by atoms with Crippen LogP contribution in [-0.4, -0.2) is 20.6 Å². The molecule has 2 aromatic rings. The minimum absolute atomic E-state index is 0.0139. The van der Waals surface area contributed by atoms with E-state index in [1.165, 1.54) is 6.33 Å². The highest BCUT2D eigenvalue weighted by Gasteiger charge is 2.23. The van der Waals surface area contributed by atoms with Gasteiger partial charge in [-0.25, -0.2) is 4.98 Å². The van der Waals surface area contributed by atoms with Crippen molar-refractivity contribution in [1.82, 2.24) is 9.55 Å². The first-order chi connectivity index (χ1) is 10.5. The van der Waals surface area contributed by atoms with Crippen LogP contribution in [-0.2, 0) is 17.8 Å². The van der Waals surface area contributed by atoms with E-state index < -0.39 is 12.5 Å². The number of nitrogens with one attached hydrogen (secondary N) is 1. The van der Waals surface area contributed by atoms with Gasteiger partial charge in [-0.05, 0) is 30.5 Å². The van der Waals surface area contributed by atoms with Crippen LogP contribution in [0.15, 0.2) is 35.4 Å². The molecule has 0 bridgehead atoms. The molecule has 3 rings (SSSR count). The molecular weight excluding hydrogens is 306 g/mol. The Morgan fingerprint density at radius 2 is 2.14 bits per heavy atom. The summed E-state index contributed by atoms with van der Waals surface area (Å²) in [5, 5.41) is 12.7. The molecule has 0 fully saturated rings. The van der Waals surface area contributed by atoms with Crippen molar-refractivity contribution in [3.05, 3.63) is 57.2 Å². The fraction of sp³-hybridized carbons (Fsp3) is 0.267. The number of aliphatic carboxylic acids is 1. The number of halogens is 1.